The number of hydrogen-bond donors (Lipinski definition) is 1. The molecule has 1 heterocycles. The second-order valence-electron chi connectivity index (χ2n) is 3.61. The Labute approximate surface area is 91.6 Å². The average Bonchev–Trinajstić information content (AvgIpc) is 2.27. The maximum absolute atomic E-state index is 12.6. The molecule has 88 valence electrons. The molecular weight excluding hydrogens is 218 g/mol. The zero-order valence-electron chi connectivity index (χ0n) is 8.74. The van der Waals surface area contributed by atoms with Crippen molar-refractivity contribution in [2.45, 2.75) is 19.5 Å². The van der Waals surface area contributed by atoms with E-state index in [1.54, 1.807) is 0 Å². The van der Waals surface area contributed by atoms with E-state index in [1.165, 1.54) is 19.1 Å². The van der Waals surface area contributed by atoms with Crippen LogP contribution < -0.4 is 9.47 Å². The molecule has 1 atom stereocenters. The Morgan fingerprint density at radius 2 is 1.94 bits per heavy atom. The molecule has 0 aromatic heterocycles. The summed E-state index contributed by atoms with van der Waals surface area (Å²) in [7, 11) is 0. The summed E-state index contributed by atoms with van der Waals surface area (Å²) in [6.45, 7) is 2.20. The first-order valence-corrected chi connectivity index (χ1v) is 4.99. The van der Waals surface area contributed by atoms with Gasteiger partial charge in [-0.05, 0) is 19.1 Å². The molecule has 0 radical (unpaired) electrons. The summed E-state index contributed by atoms with van der Waals surface area (Å²) in [4.78, 5) is 0. The van der Waals surface area contributed by atoms with Crippen LogP contribution in [-0.2, 0) is 0 Å². The maximum Gasteiger partial charge on any atom is 0.263 e. The normalized spacial score (nSPS) is 16.3. The largest absolute Gasteiger partial charge is 0.486 e. The zero-order valence-corrected chi connectivity index (χ0v) is 8.74. The molecule has 0 saturated heterocycles. The summed E-state index contributed by atoms with van der Waals surface area (Å²) in [5, 5.41) is 9.51. The Kier molecular flexibility index (Phi) is 2.96. The van der Waals surface area contributed by atoms with Crippen LogP contribution in [0.25, 0.3) is 0 Å². The van der Waals surface area contributed by atoms with E-state index in [0.717, 1.165) is 0 Å². The van der Waals surface area contributed by atoms with Crippen LogP contribution in [0.3, 0.4) is 0 Å². The summed E-state index contributed by atoms with van der Waals surface area (Å²) in [6.07, 6.45) is -3.46. The van der Waals surface area contributed by atoms with Gasteiger partial charge in [-0.1, -0.05) is 0 Å². The summed E-state index contributed by atoms with van der Waals surface area (Å²) < 4.78 is 35.8. The lowest BCUT2D eigenvalue weighted by molar-refractivity contribution is 0.140. The van der Waals surface area contributed by atoms with Gasteiger partial charge in [-0.2, -0.15) is 0 Å². The first-order valence-electron chi connectivity index (χ1n) is 4.99. The number of hydrogen-bond acceptors (Lipinski definition) is 3. The van der Waals surface area contributed by atoms with E-state index in [4.69, 9.17) is 9.47 Å². The van der Waals surface area contributed by atoms with Gasteiger partial charge in [0.25, 0.3) is 6.43 Å². The molecule has 0 spiro atoms. The fourth-order valence-corrected chi connectivity index (χ4v) is 1.64. The summed E-state index contributed by atoms with van der Waals surface area (Å²) in [5.41, 5.74) is 0.174. The number of alkyl halides is 2. The summed E-state index contributed by atoms with van der Waals surface area (Å²) >= 11 is 0. The van der Waals surface area contributed by atoms with Crippen molar-refractivity contribution in [3.8, 4) is 11.5 Å². The second-order valence-corrected chi connectivity index (χ2v) is 3.61. The standard InChI is InChI=1S/C11H12F2O3/c1-6(14)8-4-7(11(12)13)5-9-10(8)16-3-2-15-9/h4-6,11,14H,2-3H2,1H3. The van der Waals surface area contributed by atoms with E-state index in [-0.39, 0.29) is 11.3 Å². The number of rotatable bonds is 2. The predicted octanol–water partition coefficient (Wildman–Crippen LogP) is 2.45. The van der Waals surface area contributed by atoms with Crippen LogP contribution in [0, 0.1) is 0 Å². The van der Waals surface area contributed by atoms with Gasteiger partial charge in [0.15, 0.2) is 11.5 Å². The number of aliphatic hydroxyl groups is 1. The average molecular weight is 230 g/mol. The van der Waals surface area contributed by atoms with Gasteiger partial charge in [0.05, 0.1) is 6.10 Å². The van der Waals surface area contributed by atoms with Crippen molar-refractivity contribution < 1.29 is 23.4 Å². The molecule has 1 aromatic rings. The lowest BCUT2D eigenvalue weighted by Gasteiger charge is -2.23. The molecule has 1 N–H and O–H groups in total. The van der Waals surface area contributed by atoms with Gasteiger partial charge in [-0.25, -0.2) is 8.78 Å². The summed E-state index contributed by atoms with van der Waals surface area (Å²) in [5.74, 6) is 0.644. The molecule has 0 bridgehead atoms. The van der Waals surface area contributed by atoms with Crippen molar-refractivity contribution in [1.29, 1.82) is 0 Å². The minimum Gasteiger partial charge on any atom is -0.486 e. The van der Waals surface area contributed by atoms with Crippen LogP contribution in [0.4, 0.5) is 8.78 Å². The van der Waals surface area contributed by atoms with Crippen LogP contribution in [0.15, 0.2) is 12.1 Å². The third-order valence-corrected chi connectivity index (χ3v) is 2.40. The fraction of sp³-hybridized carbons (Fsp3) is 0.455. The highest BCUT2D eigenvalue weighted by Crippen LogP contribution is 2.40. The Hall–Kier alpha value is -1.36. The van der Waals surface area contributed by atoms with Gasteiger partial charge in [0.2, 0.25) is 0 Å². The molecule has 1 aliphatic rings. The van der Waals surface area contributed by atoms with E-state index >= 15 is 0 Å². The van der Waals surface area contributed by atoms with Crippen LogP contribution in [0.2, 0.25) is 0 Å². The number of fused-ring (bicyclic) bond motifs is 1. The van der Waals surface area contributed by atoms with E-state index in [2.05, 4.69) is 0 Å². The minimum absolute atomic E-state index is 0.167. The quantitative estimate of drug-likeness (QED) is 0.848. The van der Waals surface area contributed by atoms with Crippen LogP contribution in [0.5, 0.6) is 11.5 Å². The van der Waals surface area contributed by atoms with Crippen LogP contribution in [-0.4, -0.2) is 18.3 Å². The highest BCUT2D eigenvalue weighted by molar-refractivity contribution is 5.51. The second kappa shape index (κ2) is 4.25. The molecule has 1 aromatic carbocycles. The van der Waals surface area contributed by atoms with Gasteiger partial charge in [0.1, 0.15) is 13.2 Å². The number of halogens is 2. The van der Waals surface area contributed by atoms with Gasteiger partial charge in [-0.3, -0.25) is 0 Å². The lowest BCUT2D eigenvalue weighted by atomic mass is 10.0. The van der Waals surface area contributed by atoms with Crippen LogP contribution in [0.1, 0.15) is 30.6 Å². The van der Waals surface area contributed by atoms with Crippen molar-refractivity contribution in [3.05, 3.63) is 23.3 Å². The molecule has 16 heavy (non-hydrogen) atoms. The smallest absolute Gasteiger partial charge is 0.263 e. The maximum atomic E-state index is 12.6. The SMILES string of the molecule is CC(O)c1cc(C(F)F)cc2c1OCCO2. The third kappa shape index (κ3) is 1.95. The van der Waals surface area contributed by atoms with Gasteiger partial charge >= 0.3 is 0 Å². The van der Waals surface area contributed by atoms with Crippen LogP contribution >= 0.6 is 0 Å². The molecule has 0 aliphatic carbocycles. The van der Waals surface area contributed by atoms with Gasteiger partial charge in [0, 0.05) is 11.1 Å². The zero-order chi connectivity index (χ0) is 11.7. The lowest BCUT2D eigenvalue weighted by Crippen LogP contribution is -2.17. The topological polar surface area (TPSA) is 38.7 Å². The molecule has 1 unspecified atom stereocenters. The Morgan fingerprint density at radius 1 is 1.25 bits per heavy atom. The fourth-order valence-electron chi connectivity index (χ4n) is 1.64. The molecule has 0 fully saturated rings. The van der Waals surface area contributed by atoms with E-state index in [9.17, 15) is 13.9 Å². The van der Waals surface area contributed by atoms with Crippen molar-refractivity contribution in [2.75, 3.05) is 13.2 Å². The number of benzene rings is 1. The third-order valence-electron chi connectivity index (χ3n) is 2.40. The molecule has 0 amide bonds. The first-order chi connectivity index (χ1) is 7.59. The van der Waals surface area contributed by atoms with E-state index in [0.29, 0.717) is 24.5 Å². The minimum atomic E-state index is -2.59. The highest BCUT2D eigenvalue weighted by Gasteiger charge is 2.22. The molecule has 0 saturated carbocycles. The number of aliphatic hydroxyl groups excluding tert-OH is 1. The molecule has 2 rings (SSSR count). The predicted molar refractivity (Wildman–Crippen MR) is 53.0 cm³/mol. The van der Waals surface area contributed by atoms with E-state index in [1.807, 2.05) is 0 Å². The summed E-state index contributed by atoms with van der Waals surface area (Å²) in [6, 6.07) is 2.51. The first kappa shape index (κ1) is 11.1. The molecule has 3 nitrogen and oxygen atoms in total. The Balaban J connectivity index is 2.52. The Bertz CT molecular complexity index is 391. The highest BCUT2D eigenvalue weighted by atomic mass is 19.3. The van der Waals surface area contributed by atoms with Gasteiger partial charge in [-0.15, -0.1) is 0 Å². The molecular formula is C11H12F2O3. The monoisotopic (exact) mass is 230 g/mol. The Morgan fingerprint density at radius 3 is 2.56 bits per heavy atom. The molecule has 5 heteroatoms. The van der Waals surface area contributed by atoms with Gasteiger partial charge < -0.3 is 14.6 Å². The molecule has 1 aliphatic heterocycles. The number of ether oxygens (including phenoxy) is 2. The van der Waals surface area contributed by atoms with Crippen molar-refractivity contribution in [2.24, 2.45) is 0 Å². The van der Waals surface area contributed by atoms with Crippen molar-refractivity contribution >= 4 is 0 Å². The van der Waals surface area contributed by atoms with Crippen molar-refractivity contribution in [3.63, 3.8) is 0 Å². The van der Waals surface area contributed by atoms with Crippen molar-refractivity contribution in [1.82, 2.24) is 0 Å². The van der Waals surface area contributed by atoms with E-state index < -0.39 is 12.5 Å².